The van der Waals surface area contributed by atoms with Crippen LogP contribution in [-0.4, -0.2) is 36.6 Å². The number of hydrogen-bond acceptors (Lipinski definition) is 4. The van der Waals surface area contributed by atoms with E-state index < -0.39 is 6.10 Å². The third-order valence-corrected chi connectivity index (χ3v) is 1.96. The van der Waals surface area contributed by atoms with Crippen molar-refractivity contribution >= 4 is 0 Å². The second kappa shape index (κ2) is 6.40. The van der Waals surface area contributed by atoms with Gasteiger partial charge in [0.15, 0.2) is 0 Å². The molecule has 0 radical (unpaired) electrons. The van der Waals surface area contributed by atoms with E-state index in [9.17, 15) is 0 Å². The van der Waals surface area contributed by atoms with E-state index >= 15 is 0 Å². The zero-order valence-corrected chi connectivity index (χ0v) is 8.81. The van der Waals surface area contributed by atoms with Gasteiger partial charge in [-0.25, -0.2) is 0 Å². The van der Waals surface area contributed by atoms with Gasteiger partial charge >= 0.3 is 0 Å². The van der Waals surface area contributed by atoms with Gasteiger partial charge in [-0.3, -0.25) is 0 Å². The van der Waals surface area contributed by atoms with Crippen molar-refractivity contribution in [2.45, 2.75) is 12.6 Å². The van der Waals surface area contributed by atoms with E-state index in [1.807, 2.05) is 31.3 Å². The van der Waals surface area contributed by atoms with Gasteiger partial charge in [0.25, 0.3) is 0 Å². The highest BCUT2D eigenvalue weighted by Gasteiger charge is 2.02. The van der Waals surface area contributed by atoms with Crippen LogP contribution in [0.5, 0.6) is 5.75 Å². The quantitative estimate of drug-likeness (QED) is 0.626. The van der Waals surface area contributed by atoms with E-state index in [0.29, 0.717) is 5.75 Å². The summed E-state index contributed by atoms with van der Waals surface area (Å²) in [6.45, 7) is 0.652. The summed E-state index contributed by atoms with van der Waals surface area (Å²) in [6.07, 6.45) is -0.818. The summed E-state index contributed by atoms with van der Waals surface area (Å²) < 4.78 is 5.26. The molecule has 4 heteroatoms. The first kappa shape index (κ1) is 12.0. The molecule has 1 rings (SSSR count). The van der Waals surface area contributed by atoms with Gasteiger partial charge in [0.2, 0.25) is 0 Å². The number of rotatable bonds is 6. The van der Waals surface area contributed by atoms with Crippen molar-refractivity contribution in [3.8, 4) is 5.75 Å². The zero-order chi connectivity index (χ0) is 11.1. The zero-order valence-electron chi connectivity index (χ0n) is 8.81. The molecule has 0 aliphatic carbocycles. The van der Waals surface area contributed by atoms with E-state index in [-0.39, 0.29) is 13.2 Å². The summed E-state index contributed by atoms with van der Waals surface area (Å²) in [4.78, 5) is 0. The smallest absolute Gasteiger partial charge is 0.119 e. The summed E-state index contributed by atoms with van der Waals surface area (Å²) in [5, 5.41) is 20.7. The van der Waals surface area contributed by atoms with Crippen LogP contribution in [0.4, 0.5) is 0 Å². The second-order valence-corrected chi connectivity index (χ2v) is 3.32. The van der Waals surface area contributed by atoms with Crippen molar-refractivity contribution in [1.29, 1.82) is 0 Å². The molecule has 0 saturated heterocycles. The maximum Gasteiger partial charge on any atom is 0.119 e. The minimum absolute atomic E-state index is 0.113. The minimum atomic E-state index is -0.818. The monoisotopic (exact) mass is 211 g/mol. The summed E-state index contributed by atoms with van der Waals surface area (Å²) in [5.74, 6) is 0.697. The highest BCUT2D eigenvalue weighted by atomic mass is 16.5. The molecule has 0 aliphatic rings. The first-order valence-corrected chi connectivity index (χ1v) is 4.91. The van der Waals surface area contributed by atoms with Gasteiger partial charge in [0.1, 0.15) is 18.5 Å². The SMILES string of the molecule is CNCc1ccc(OCC(O)CO)cc1. The average molecular weight is 211 g/mol. The molecule has 1 atom stereocenters. The maximum absolute atomic E-state index is 9.07. The molecule has 0 fully saturated rings. The molecule has 1 aromatic carbocycles. The summed E-state index contributed by atoms with van der Waals surface area (Å²) in [7, 11) is 1.89. The molecule has 0 amide bonds. The number of aliphatic hydroxyl groups is 2. The highest BCUT2D eigenvalue weighted by Crippen LogP contribution is 2.12. The molecule has 0 bridgehead atoms. The van der Waals surface area contributed by atoms with Crippen LogP contribution in [-0.2, 0) is 6.54 Å². The minimum Gasteiger partial charge on any atom is -0.491 e. The molecule has 3 N–H and O–H groups in total. The van der Waals surface area contributed by atoms with Gasteiger partial charge in [0, 0.05) is 6.54 Å². The van der Waals surface area contributed by atoms with Crippen molar-refractivity contribution in [3.63, 3.8) is 0 Å². The van der Waals surface area contributed by atoms with E-state index in [1.165, 1.54) is 5.56 Å². The molecule has 1 aromatic rings. The fourth-order valence-corrected chi connectivity index (χ4v) is 1.15. The van der Waals surface area contributed by atoms with Gasteiger partial charge in [-0.1, -0.05) is 12.1 Å². The van der Waals surface area contributed by atoms with Crippen molar-refractivity contribution < 1.29 is 14.9 Å². The van der Waals surface area contributed by atoms with Crippen LogP contribution >= 0.6 is 0 Å². The van der Waals surface area contributed by atoms with E-state index in [0.717, 1.165) is 6.54 Å². The molecule has 1 unspecified atom stereocenters. The van der Waals surface area contributed by atoms with E-state index in [4.69, 9.17) is 14.9 Å². The number of hydrogen-bond donors (Lipinski definition) is 3. The lowest BCUT2D eigenvalue weighted by atomic mass is 10.2. The second-order valence-electron chi connectivity index (χ2n) is 3.32. The van der Waals surface area contributed by atoms with Gasteiger partial charge < -0.3 is 20.3 Å². The Kier molecular flexibility index (Phi) is 5.10. The van der Waals surface area contributed by atoms with Crippen LogP contribution in [0.1, 0.15) is 5.56 Å². The maximum atomic E-state index is 9.07. The van der Waals surface area contributed by atoms with E-state index in [1.54, 1.807) is 0 Å². The summed E-state index contributed by atoms with van der Waals surface area (Å²) >= 11 is 0. The largest absolute Gasteiger partial charge is 0.491 e. The Hall–Kier alpha value is -1.10. The van der Waals surface area contributed by atoms with Gasteiger partial charge in [-0.2, -0.15) is 0 Å². The Morgan fingerprint density at radius 2 is 2.00 bits per heavy atom. The number of nitrogens with one attached hydrogen (secondary N) is 1. The van der Waals surface area contributed by atoms with E-state index in [2.05, 4.69) is 5.32 Å². The van der Waals surface area contributed by atoms with Crippen molar-refractivity contribution in [1.82, 2.24) is 5.32 Å². The van der Waals surface area contributed by atoms with Crippen LogP contribution in [0.2, 0.25) is 0 Å². The number of ether oxygens (including phenoxy) is 1. The average Bonchev–Trinajstić information content (AvgIpc) is 2.28. The third-order valence-electron chi connectivity index (χ3n) is 1.96. The molecule has 0 aliphatic heterocycles. The fourth-order valence-electron chi connectivity index (χ4n) is 1.15. The van der Waals surface area contributed by atoms with Crippen LogP contribution in [0.25, 0.3) is 0 Å². The first-order valence-electron chi connectivity index (χ1n) is 4.91. The predicted octanol–water partition coefficient (Wildman–Crippen LogP) is 0.138. The van der Waals surface area contributed by atoms with Crippen molar-refractivity contribution in [2.24, 2.45) is 0 Å². The van der Waals surface area contributed by atoms with Crippen LogP contribution in [0.15, 0.2) is 24.3 Å². The van der Waals surface area contributed by atoms with Gasteiger partial charge in [-0.15, -0.1) is 0 Å². The molecular weight excluding hydrogens is 194 g/mol. The molecule has 0 aromatic heterocycles. The van der Waals surface area contributed by atoms with Gasteiger partial charge in [-0.05, 0) is 24.7 Å². The van der Waals surface area contributed by atoms with Gasteiger partial charge in [0.05, 0.1) is 6.61 Å². The topological polar surface area (TPSA) is 61.7 Å². The molecule has 0 saturated carbocycles. The number of aliphatic hydroxyl groups excluding tert-OH is 2. The standard InChI is InChI=1S/C11H17NO3/c1-12-6-9-2-4-11(5-3-9)15-8-10(14)7-13/h2-5,10,12-14H,6-8H2,1H3. The molecule has 84 valence electrons. The normalized spacial score (nSPS) is 12.5. The molecule has 15 heavy (non-hydrogen) atoms. The first-order chi connectivity index (χ1) is 7.26. The Labute approximate surface area is 89.5 Å². The highest BCUT2D eigenvalue weighted by molar-refractivity contribution is 5.27. The Bertz CT molecular complexity index is 274. The predicted molar refractivity (Wildman–Crippen MR) is 57.8 cm³/mol. The Balaban J connectivity index is 2.42. The van der Waals surface area contributed by atoms with Crippen LogP contribution < -0.4 is 10.1 Å². The van der Waals surface area contributed by atoms with Crippen molar-refractivity contribution in [2.75, 3.05) is 20.3 Å². The molecule has 4 nitrogen and oxygen atoms in total. The Morgan fingerprint density at radius 3 is 2.53 bits per heavy atom. The van der Waals surface area contributed by atoms with Crippen molar-refractivity contribution in [3.05, 3.63) is 29.8 Å². The lowest BCUT2D eigenvalue weighted by molar-refractivity contribution is 0.0536. The third kappa shape index (κ3) is 4.29. The Morgan fingerprint density at radius 1 is 1.33 bits per heavy atom. The molecule has 0 spiro atoms. The lowest BCUT2D eigenvalue weighted by Gasteiger charge is -2.10. The van der Waals surface area contributed by atoms with Crippen LogP contribution in [0.3, 0.4) is 0 Å². The molecule has 0 heterocycles. The fraction of sp³-hybridized carbons (Fsp3) is 0.455. The number of benzene rings is 1. The van der Waals surface area contributed by atoms with Crippen LogP contribution in [0, 0.1) is 0 Å². The molecular formula is C11H17NO3. The summed E-state index contributed by atoms with van der Waals surface area (Å²) in [5.41, 5.74) is 1.17. The summed E-state index contributed by atoms with van der Waals surface area (Å²) in [6, 6.07) is 7.60. The lowest BCUT2D eigenvalue weighted by Crippen LogP contribution is -2.21.